The molecule has 2 aliphatic rings. The molecule has 0 saturated carbocycles. The lowest BCUT2D eigenvalue weighted by atomic mass is 9.95. The molecule has 0 aromatic rings. The summed E-state index contributed by atoms with van der Waals surface area (Å²) in [7, 11) is 0. The van der Waals surface area contributed by atoms with Crippen LogP contribution < -0.4 is 5.73 Å². The molecule has 1 atom stereocenters. The first-order valence-electron chi connectivity index (χ1n) is 7.48. The number of amidine groups is 1. The lowest BCUT2D eigenvalue weighted by molar-refractivity contribution is -0.0544. The molecule has 0 amide bonds. The highest BCUT2D eigenvalue weighted by Crippen LogP contribution is 2.18. The SMILES string of the molecule is CC(C)N1CCOC(CN2CCC(C(=N)N)CC2)C1. The smallest absolute Gasteiger partial charge is 0.0937 e. The Balaban J connectivity index is 1.74. The minimum Gasteiger partial charge on any atom is -0.387 e. The molecule has 0 aromatic carbocycles. The van der Waals surface area contributed by atoms with Crippen LogP contribution in [0.3, 0.4) is 0 Å². The fraction of sp³-hybridized carbons (Fsp3) is 0.929. The van der Waals surface area contributed by atoms with Crippen LogP contribution in [0.25, 0.3) is 0 Å². The largest absolute Gasteiger partial charge is 0.387 e. The Morgan fingerprint density at radius 2 is 2.00 bits per heavy atom. The number of nitrogens with one attached hydrogen (secondary N) is 1. The van der Waals surface area contributed by atoms with Gasteiger partial charge in [-0.2, -0.15) is 0 Å². The van der Waals surface area contributed by atoms with E-state index in [-0.39, 0.29) is 0 Å². The van der Waals surface area contributed by atoms with Crippen LogP contribution in [0.2, 0.25) is 0 Å². The minimum atomic E-state index is 0.302. The van der Waals surface area contributed by atoms with Crippen LogP contribution in [0.5, 0.6) is 0 Å². The summed E-state index contributed by atoms with van der Waals surface area (Å²) in [6.45, 7) is 10.6. The van der Waals surface area contributed by atoms with Crippen LogP contribution in [-0.4, -0.2) is 67.1 Å². The van der Waals surface area contributed by atoms with E-state index >= 15 is 0 Å². The van der Waals surface area contributed by atoms with Gasteiger partial charge in [-0.05, 0) is 39.8 Å². The number of likely N-dealkylation sites (tertiary alicyclic amines) is 1. The van der Waals surface area contributed by atoms with Gasteiger partial charge in [-0.3, -0.25) is 10.3 Å². The van der Waals surface area contributed by atoms with Gasteiger partial charge in [0, 0.05) is 31.6 Å². The number of rotatable bonds is 4. The number of hydrogen-bond acceptors (Lipinski definition) is 4. The van der Waals surface area contributed by atoms with Gasteiger partial charge < -0.3 is 15.4 Å². The third kappa shape index (κ3) is 4.16. The van der Waals surface area contributed by atoms with Gasteiger partial charge >= 0.3 is 0 Å². The van der Waals surface area contributed by atoms with Gasteiger partial charge in [0.2, 0.25) is 0 Å². The molecular weight excluding hydrogens is 240 g/mol. The predicted octanol–water partition coefficient (Wildman–Crippen LogP) is 0.744. The average Bonchev–Trinajstić information content (AvgIpc) is 2.39. The molecule has 5 nitrogen and oxygen atoms in total. The quantitative estimate of drug-likeness (QED) is 0.583. The van der Waals surface area contributed by atoms with Gasteiger partial charge in [0.05, 0.1) is 18.5 Å². The minimum absolute atomic E-state index is 0.302. The standard InChI is InChI=1S/C14H28N4O/c1-11(2)18-7-8-19-13(10-18)9-17-5-3-12(4-6-17)14(15)16/h11-13H,3-10H2,1-2H3,(H3,15,16). The van der Waals surface area contributed by atoms with Gasteiger partial charge in [0.15, 0.2) is 0 Å². The summed E-state index contributed by atoms with van der Waals surface area (Å²) in [5, 5.41) is 7.51. The molecule has 19 heavy (non-hydrogen) atoms. The van der Waals surface area contributed by atoms with Gasteiger partial charge in [-0.25, -0.2) is 0 Å². The molecule has 2 saturated heterocycles. The highest BCUT2D eigenvalue weighted by atomic mass is 16.5. The molecule has 2 fully saturated rings. The Labute approximate surface area is 116 Å². The van der Waals surface area contributed by atoms with Crippen molar-refractivity contribution in [2.75, 3.05) is 39.3 Å². The molecule has 5 heteroatoms. The van der Waals surface area contributed by atoms with Crippen molar-refractivity contribution >= 4 is 5.84 Å². The summed E-state index contributed by atoms with van der Waals surface area (Å²) < 4.78 is 5.89. The molecule has 1 unspecified atom stereocenters. The summed E-state index contributed by atoms with van der Waals surface area (Å²) in [4.78, 5) is 4.96. The lowest BCUT2D eigenvalue weighted by Crippen LogP contribution is -2.51. The summed E-state index contributed by atoms with van der Waals surface area (Å²) >= 11 is 0. The second-order valence-corrected chi connectivity index (χ2v) is 6.11. The molecule has 0 spiro atoms. The number of nitrogens with zero attached hydrogens (tertiary/aromatic N) is 2. The highest BCUT2D eigenvalue weighted by molar-refractivity contribution is 5.79. The van der Waals surface area contributed by atoms with Crippen molar-refractivity contribution in [2.45, 2.75) is 38.8 Å². The molecule has 2 aliphatic heterocycles. The Morgan fingerprint density at radius 1 is 1.32 bits per heavy atom. The maximum absolute atomic E-state index is 7.51. The van der Waals surface area contributed by atoms with Crippen molar-refractivity contribution < 1.29 is 4.74 Å². The first-order valence-corrected chi connectivity index (χ1v) is 7.48. The van der Waals surface area contributed by atoms with E-state index in [1.165, 1.54) is 0 Å². The highest BCUT2D eigenvalue weighted by Gasteiger charge is 2.27. The average molecular weight is 268 g/mol. The predicted molar refractivity (Wildman–Crippen MR) is 77.5 cm³/mol. The fourth-order valence-corrected chi connectivity index (χ4v) is 3.04. The van der Waals surface area contributed by atoms with Gasteiger partial charge in [0.25, 0.3) is 0 Å². The van der Waals surface area contributed by atoms with E-state index in [1.54, 1.807) is 0 Å². The van der Waals surface area contributed by atoms with E-state index in [9.17, 15) is 0 Å². The Hall–Kier alpha value is -0.650. The maximum Gasteiger partial charge on any atom is 0.0937 e. The molecule has 0 radical (unpaired) electrons. The molecular formula is C14H28N4O. The second kappa shape index (κ2) is 6.68. The van der Waals surface area contributed by atoms with Gasteiger partial charge in [0.1, 0.15) is 0 Å². The number of ether oxygens (including phenoxy) is 1. The number of piperidine rings is 1. The van der Waals surface area contributed by atoms with Crippen LogP contribution in [0.4, 0.5) is 0 Å². The molecule has 0 bridgehead atoms. The number of nitrogens with two attached hydrogens (primary N) is 1. The number of morpholine rings is 1. The van der Waals surface area contributed by atoms with Crippen LogP contribution in [0, 0.1) is 11.3 Å². The topological polar surface area (TPSA) is 65.6 Å². The first-order chi connectivity index (χ1) is 9.06. The zero-order valence-electron chi connectivity index (χ0n) is 12.3. The lowest BCUT2D eigenvalue weighted by Gasteiger charge is -2.39. The molecule has 0 aliphatic carbocycles. The van der Waals surface area contributed by atoms with Crippen LogP contribution in [-0.2, 0) is 4.74 Å². The Kier molecular flexibility index (Phi) is 5.19. The Morgan fingerprint density at radius 3 is 2.58 bits per heavy atom. The van der Waals surface area contributed by atoms with Gasteiger partial charge in [-0.1, -0.05) is 0 Å². The van der Waals surface area contributed by atoms with Gasteiger partial charge in [-0.15, -0.1) is 0 Å². The van der Waals surface area contributed by atoms with E-state index < -0.39 is 0 Å². The van der Waals surface area contributed by atoms with E-state index in [2.05, 4.69) is 23.6 Å². The van der Waals surface area contributed by atoms with E-state index in [4.69, 9.17) is 15.9 Å². The first kappa shape index (κ1) is 14.8. The van der Waals surface area contributed by atoms with E-state index in [0.29, 0.717) is 23.9 Å². The van der Waals surface area contributed by atoms with Crippen molar-refractivity contribution in [3.63, 3.8) is 0 Å². The third-order valence-electron chi connectivity index (χ3n) is 4.39. The molecule has 0 aromatic heterocycles. The van der Waals surface area contributed by atoms with Crippen LogP contribution >= 0.6 is 0 Å². The van der Waals surface area contributed by atoms with E-state index in [1.807, 2.05) is 0 Å². The normalized spacial score (nSPS) is 27.8. The number of hydrogen-bond donors (Lipinski definition) is 2. The second-order valence-electron chi connectivity index (χ2n) is 6.11. The maximum atomic E-state index is 7.51. The zero-order valence-corrected chi connectivity index (χ0v) is 12.3. The molecule has 3 N–H and O–H groups in total. The third-order valence-corrected chi connectivity index (χ3v) is 4.39. The summed E-state index contributed by atoms with van der Waals surface area (Å²) in [5.41, 5.74) is 5.58. The van der Waals surface area contributed by atoms with Crippen molar-refractivity contribution in [3.8, 4) is 0 Å². The summed E-state index contributed by atoms with van der Waals surface area (Å²) in [6, 6.07) is 0.606. The molecule has 2 heterocycles. The van der Waals surface area contributed by atoms with Crippen molar-refractivity contribution in [2.24, 2.45) is 11.7 Å². The molecule has 110 valence electrons. The van der Waals surface area contributed by atoms with Crippen LogP contribution in [0.15, 0.2) is 0 Å². The van der Waals surface area contributed by atoms with Crippen molar-refractivity contribution in [1.82, 2.24) is 9.80 Å². The Bertz CT molecular complexity index is 300. The monoisotopic (exact) mass is 268 g/mol. The van der Waals surface area contributed by atoms with Crippen molar-refractivity contribution in [1.29, 1.82) is 5.41 Å². The molecule has 2 rings (SSSR count). The van der Waals surface area contributed by atoms with Crippen LogP contribution in [0.1, 0.15) is 26.7 Å². The van der Waals surface area contributed by atoms with Crippen molar-refractivity contribution in [3.05, 3.63) is 0 Å². The zero-order chi connectivity index (χ0) is 13.8. The van der Waals surface area contributed by atoms with E-state index in [0.717, 1.165) is 52.2 Å². The fourth-order valence-electron chi connectivity index (χ4n) is 3.04. The summed E-state index contributed by atoms with van der Waals surface area (Å²) in [5.74, 6) is 0.662. The summed E-state index contributed by atoms with van der Waals surface area (Å²) in [6.07, 6.45) is 2.39.